The van der Waals surface area contributed by atoms with Crippen LogP contribution in [0.1, 0.15) is 17.3 Å². The molecule has 0 fully saturated rings. The van der Waals surface area contributed by atoms with Gasteiger partial charge in [0.25, 0.3) is 0 Å². The lowest BCUT2D eigenvalue weighted by atomic mass is 10.1. The molecule has 0 saturated carbocycles. The third-order valence-electron chi connectivity index (χ3n) is 3.91. The molecule has 0 N–H and O–H groups in total. The predicted octanol–water partition coefficient (Wildman–Crippen LogP) is 3.65. The normalized spacial score (nSPS) is 10.6. The Kier molecular flexibility index (Phi) is 4.93. The second kappa shape index (κ2) is 7.31. The Morgan fingerprint density at radius 1 is 1.00 bits per heavy atom. The summed E-state index contributed by atoms with van der Waals surface area (Å²) in [6.07, 6.45) is 0. The first-order chi connectivity index (χ1) is 12.6. The van der Waals surface area contributed by atoms with Crippen molar-refractivity contribution in [3.8, 4) is 22.8 Å². The molecule has 0 saturated heterocycles. The van der Waals surface area contributed by atoms with Gasteiger partial charge in [-0.3, -0.25) is 4.79 Å². The largest absolute Gasteiger partial charge is 0.493 e. The van der Waals surface area contributed by atoms with Crippen molar-refractivity contribution in [3.05, 3.63) is 58.3 Å². The molecular formula is C20H18O6. The maximum absolute atomic E-state index is 12.5. The highest BCUT2D eigenvalue weighted by atomic mass is 16.5. The number of fused-ring (bicyclic) bond motifs is 1. The first-order valence-electron chi connectivity index (χ1n) is 8.04. The van der Waals surface area contributed by atoms with E-state index >= 15 is 0 Å². The van der Waals surface area contributed by atoms with Crippen LogP contribution in [0.3, 0.4) is 0 Å². The molecule has 0 amide bonds. The molecule has 3 rings (SSSR count). The number of hydrogen-bond acceptors (Lipinski definition) is 6. The molecule has 0 spiro atoms. The van der Waals surface area contributed by atoms with Crippen molar-refractivity contribution in [2.45, 2.75) is 6.92 Å². The van der Waals surface area contributed by atoms with Gasteiger partial charge in [0.05, 0.1) is 31.8 Å². The van der Waals surface area contributed by atoms with Crippen molar-refractivity contribution in [2.75, 3.05) is 20.8 Å². The lowest BCUT2D eigenvalue weighted by molar-refractivity contribution is 0.0526. The third-order valence-corrected chi connectivity index (χ3v) is 3.91. The van der Waals surface area contributed by atoms with Gasteiger partial charge in [0, 0.05) is 17.7 Å². The van der Waals surface area contributed by atoms with E-state index in [9.17, 15) is 9.59 Å². The lowest BCUT2D eigenvalue weighted by Gasteiger charge is -2.09. The van der Waals surface area contributed by atoms with Gasteiger partial charge in [-0.25, -0.2) is 4.79 Å². The van der Waals surface area contributed by atoms with E-state index in [0.29, 0.717) is 46.0 Å². The van der Waals surface area contributed by atoms with Gasteiger partial charge in [-0.15, -0.1) is 0 Å². The molecule has 1 aromatic heterocycles. The molecule has 3 aromatic rings. The molecule has 6 heteroatoms. The summed E-state index contributed by atoms with van der Waals surface area (Å²) in [5, 5.41) is 0.398. The van der Waals surface area contributed by atoms with Crippen LogP contribution >= 0.6 is 0 Å². The number of carbonyl (C=O) groups is 1. The van der Waals surface area contributed by atoms with E-state index in [1.807, 2.05) is 0 Å². The van der Waals surface area contributed by atoms with Crippen LogP contribution < -0.4 is 14.9 Å². The first-order valence-corrected chi connectivity index (χ1v) is 8.04. The van der Waals surface area contributed by atoms with Crippen LogP contribution in [-0.2, 0) is 4.74 Å². The van der Waals surface area contributed by atoms with Crippen molar-refractivity contribution in [1.29, 1.82) is 0 Å². The van der Waals surface area contributed by atoms with E-state index in [1.165, 1.54) is 20.3 Å². The molecular weight excluding hydrogens is 336 g/mol. The Balaban J connectivity index is 2.05. The smallest absolute Gasteiger partial charge is 0.338 e. The van der Waals surface area contributed by atoms with E-state index in [2.05, 4.69) is 0 Å². The molecule has 0 bridgehead atoms. The summed E-state index contributed by atoms with van der Waals surface area (Å²) in [6.45, 7) is 2.06. The van der Waals surface area contributed by atoms with Crippen molar-refractivity contribution in [2.24, 2.45) is 0 Å². The number of methoxy groups -OCH3 is 2. The van der Waals surface area contributed by atoms with Gasteiger partial charge < -0.3 is 18.6 Å². The Labute approximate surface area is 149 Å². The Morgan fingerprint density at radius 3 is 2.27 bits per heavy atom. The number of benzene rings is 2. The van der Waals surface area contributed by atoms with Crippen LogP contribution in [0.4, 0.5) is 0 Å². The van der Waals surface area contributed by atoms with E-state index in [4.69, 9.17) is 18.6 Å². The average Bonchev–Trinajstić information content (AvgIpc) is 2.67. The topological polar surface area (TPSA) is 75.0 Å². The zero-order valence-corrected chi connectivity index (χ0v) is 14.7. The van der Waals surface area contributed by atoms with Gasteiger partial charge in [0.15, 0.2) is 16.9 Å². The molecule has 2 aromatic carbocycles. The van der Waals surface area contributed by atoms with Crippen LogP contribution in [0.5, 0.6) is 11.5 Å². The van der Waals surface area contributed by atoms with E-state index in [-0.39, 0.29) is 5.43 Å². The minimum Gasteiger partial charge on any atom is -0.493 e. The Morgan fingerprint density at radius 2 is 1.65 bits per heavy atom. The molecule has 0 aliphatic heterocycles. The molecule has 26 heavy (non-hydrogen) atoms. The maximum atomic E-state index is 12.5. The monoisotopic (exact) mass is 354 g/mol. The fourth-order valence-electron chi connectivity index (χ4n) is 2.61. The van der Waals surface area contributed by atoms with Crippen LogP contribution in [0.15, 0.2) is 51.7 Å². The summed E-state index contributed by atoms with van der Waals surface area (Å²) in [5.74, 6) is 0.928. The van der Waals surface area contributed by atoms with E-state index in [1.54, 1.807) is 43.3 Å². The van der Waals surface area contributed by atoms with Crippen molar-refractivity contribution in [1.82, 2.24) is 0 Å². The van der Waals surface area contributed by atoms with Gasteiger partial charge in [-0.2, -0.15) is 0 Å². The Bertz CT molecular complexity index is 1000. The first kappa shape index (κ1) is 17.5. The summed E-state index contributed by atoms with van der Waals surface area (Å²) >= 11 is 0. The van der Waals surface area contributed by atoms with E-state index in [0.717, 1.165) is 0 Å². The minimum absolute atomic E-state index is 0.198. The molecule has 0 unspecified atom stereocenters. The number of rotatable bonds is 5. The minimum atomic E-state index is -0.393. The molecule has 134 valence electrons. The summed E-state index contributed by atoms with van der Waals surface area (Å²) in [5.41, 5.74) is 1.30. The zero-order valence-electron chi connectivity index (χ0n) is 14.7. The SMILES string of the molecule is CCOC(=O)c1ccc(-c2cc(=O)c3cc(OC)c(OC)cc3o2)cc1. The number of carbonyl (C=O) groups excluding carboxylic acids is 1. The standard InChI is InChI=1S/C20H18O6/c1-4-25-20(22)13-7-5-12(6-8-13)16-10-15(21)14-9-18(23-2)19(24-3)11-17(14)26-16/h5-11H,4H2,1-3H3. The summed E-state index contributed by atoms with van der Waals surface area (Å²) in [6, 6.07) is 11.3. The number of hydrogen-bond donors (Lipinski definition) is 0. The fourth-order valence-corrected chi connectivity index (χ4v) is 2.61. The molecule has 0 atom stereocenters. The second-order valence-electron chi connectivity index (χ2n) is 5.48. The van der Waals surface area contributed by atoms with E-state index < -0.39 is 5.97 Å². The van der Waals surface area contributed by atoms with Gasteiger partial charge >= 0.3 is 5.97 Å². The summed E-state index contributed by atoms with van der Waals surface area (Å²) < 4.78 is 21.3. The van der Waals surface area contributed by atoms with Crippen molar-refractivity contribution < 1.29 is 23.4 Å². The average molecular weight is 354 g/mol. The van der Waals surface area contributed by atoms with Crippen LogP contribution in [0, 0.1) is 0 Å². The number of esters is 1. The predicted molar refractivity (Wildman–Crippen MR) is 97.0 cm³/mol. The second-order valence-corrected chi connectivity index (χ2v) is 5.48. The van der Waals surface area contributed by atoms with Crippen LogP contribution in [-0.4, -0.2) is 26.8 Å². The van der Waals surface area contributed by atoms with Gasteiger partial charge in [0.1, 0.15) is 11.3 Å². The highest BCUT2D eigenvalue weighted by Gasteiger charge is 2.13. The van der Waals surface area contributed by atoms with Crippen LogP contribution in [0.25, 0.3) is 22.3 Å². The zero-order chi connectivity index (χ0) is 18.7. The van der Waals surface area contributed by atoms with Gasteiger partial charge in [-0.05, 0) is 25.1 Å². The maximum Gasteiger partial charge on any atom is 0.338 e. The highest BCUT2D eigenvalue weighted by molar-refractivity contribution is 5.90. The number of ether oxygens (including phenoxy) is 3. The molecule has 0 aliphatic carbocycles. The summed E-state index contributed by atoms with van der Waals surface area (Å²) in [4.78, 5) is 24.2. The Hall–Kier alpha value is -3.28. The van der Waals surface area contributed by atoms with Crippen molar-refractivity contribution >= 4 is 16.9 Å². The molecule has 6 nitrogen and oxygen atoms in total. The quantitative estimate of drug-likeness (QED) is 0.651. The lowest BCUT2D eigenvalue weighted by Crippen LogP contribution is -2.04. The molecule has 0 radical (unpaired) electrons. The highest BCUT2D eigenvalue weighted by Crippen LogP contribution is 2.32. The third kappa shape index (κ3) is 3.26. The molecule has 0 aliphatic rings. The van der Waals surface area contributed by atoms with Crippen LogP contribution in [0.2, 0.25) is 0 Å². The molecule has 1 heterocycles. The van der Waals surface area contributed by atoms with Gasteiger partial charge in [0.2, 0.25) is 0 Å². The summed E-state index contributed by atoms with van der Waals surface area (Å²) in [7, 11) is 3.02. The van der Waals surface area contributed by atoms with Gasteiger partial charge in [-0.1, -0.05) is 12.1 Å². The fraction of sp³-hybridized carbons (Fsp3) is 0.200. The van der Waals surface area contributed by atoms with Crippen molar-refractivity contribution in [3.63, 3.8) is 0 Å².